The van der Waals surface area contributed by atoms with E-state index in [1.54, 1.807) is 0 Å². The van der Waals surface area contributed by atoms with Crippen LogP contribution in [0.4, 0.5) is 0 Å². The van der Waals surface area contributed by atoms with E-state index in [1.165, 1.54) is 0 Å². The third kappa shape index (κ3) is 8.72. The Labute approximate surface area is 74.3 Å². The molecule has 0 aromatic carbocycles. The summed E-state index contributed by atoms with van der Waals surface area (Å²) >= 11 is 0. The smallest absolute Gasteiger partial charge is 0.191 e. The van der Waals surface area contributed by atoms with E-state index in [0.717, 1.165) is 6.16 Å². The molecule has 0 aliphatic carbocycles. The van der Waals surface area contributed by atoms with E-state index in [-0.39, 0.29) is 17.4 Å². The number of rotatable bonds is 4. The van der Waals surface area contributed by atoms with Crippen LogP contribution in [0.25, 0.3) is 0 Å². The summed E-state index contributed by atoms with van der Waals surface area (Å²) in [5, 5.41) is 0. The van der Waals surface area contributed by atoms with E-state index in [4.69, 9.17) is 4.52 Å². The van der Waals surface area contributed by atoms with Crippen molar-refractivity contribution in [2.75, 3.05) is 12.8 Å². The molecule has 0 saturated heterocycles. The van der Waals surface area contributed by atoms with Gasteiger partial charge >= 0.3 is 0 Å². The predicted octanol–water partition coefficient (Wildman–Crippen LogP) is 0.970. The largest absolute Gasteiger partial charge is 0.331 e. The van der Waals surface area contributed by atoms with Crippen LogP contribution >= 0.6 is 8.03 Å². The lowest BCUT2D eigenvalue weighted by Gasteiger charge is -2.02. The third-order valence-electron chi connectivity index (χ3n) is 0.880. The van der Waals surface area contributed by atoms with Crippen molar-refractivity contribution < 1.29 is 9.09 Å². The maximum atomic E-state index is 10.8. The van der Waals surface area contributed by atoms with Gasteiger partial charge in [0.15, 0.2) is 25.4 Å². The van der Waals surface area contributed by atoms with Gasteiger partial charge in [-0.25, -0.2) is 0 Å². The first-order valence-electron chi connectivity index (χ1n) is 3.32. The van der Waals surface area contributed by atoms with E-state index < -0.39 is 8.03 Å². The molecule has 0 aromatic rings. The average molecular weight is 180 g/mol. The van der Waals surface area contributed by atoms with Gasteiger partial charge < -0.3 is 4.52 Å². The van der Waals surface area contributed by atoms with Gasteiger partial charge in [0.2, 0.25) is 0 Å². The summed E-state index contributed by atoms with van der Waals surface area (Å²) < 4.78 is 15.7. The van der Waals surface area contributed by atoms with Crippen LogP contribution in [0.3, 0.4) is 0 Å². The van der Waals surface area contributed by atoms with Gasteiger partial charge in [0.1, 0.15) is 0 Å². The summed E-state index contributed by atoms with van der Waals surface area (Å²) in [6.45, 7) is 6.52. The van der Waals surface area contributed by atoms with Crippen LogP contribution in [-0.4, -0.2) is 30.1 Å². The van der Waals surface area contributed by atoms with Crippen molar-refractivity contribution in [1.82, 2.24) is 0 Å². The monoisotopic (exact) mass is 180 g/mol. The highest BCUT2D eigenvalue weighted by atomic mass is 31.1. The Kier molecular flexibility index (Phi) is 10.4. The van der Waals surface area contributed by atoms with Crippen molar-refractivity contribution in [2.45, 2.75) is 20.8 Å². The van der Waals surface area contributed by atoms with E-state index in [9.17, 15) is 4.57 Å². The molecular formula is C6H18AlO2P. The molecule has 2 nitrogen and oxygen atoms in total. The number of hydrogen-bond acceptors (Lipinski definition) is 2. The SMILES string of the molecule is CCO[PH](=O)CC(C)C.[AlH3]. The maximum Gasteiger partial charge on any atom is 0.191 e. The van der Waals surface area contributed by atoms with Gasteiger partial charge in [0.25, 0.3) is 0 Å². The standard InChI is InChI=1S/C6H15O2P.Al.3H/c1-4-8-9(7)5-6(2)3;;;;/h6,9H,4-5H2,1-3H3;;;;. The third-order valence-corrected chi connectivity index (χ3v) is 2.64. The Bertz CT molecular complexity index is 95.7. The van der Waals surface area contributed by atoms with Crippen LogP contribution in [0, 0.1) is 5.92 Å². The van der Waals surface area contributed by atoms with Crippen molar-refractivity contribution >= 4 is 25.4 Å². The highest BCUT2D eigenvalue weighted by Crippen LogP contribution is 2.24. The summed E-state index contributed by atoms with van der Waals surface area (Å²) in [6, 6.07) is 0. The van der Waals surface area contributed by atoms with Crippen LogP contribution in [0.2, 0.25) is 0 Å². The van der Waals surface area contributed by atoms with Crippen LogP contribution in [-0.2, 0) is 9.09 Å². The molecule has 0 spiro atoms. The summed E-state index contributed by atoms with van der Waals surface area (Å²) in [4.78, 5) is 0. The molecule has 0 amide bonds. The second kappa shape index (κ2) is 7.83. The molecule has 0 saturated carbocycles. The lowest BCUT2D eigenvalue weighted by Crippen LogP contribution is -1.91. The fraction of sp³-hybridized carbons (Fsp3) is 1.00. The molecule has 0 heterocycles. The van der Waals surface area contributed by atoms with Gasteiger partial charge in [-0.3, -0.25) is 4.57 Å². The van der Waals surface area contributed by atoms with Crippen LogP contribution in [0.15, 0.2) is 0 Å². The molecule has 1 atom stereocenters. The maximum absolute atomic E-state index is 10.8. The minimum Gasteiger partial charge on any atom is -0.331 e. The fourth-order valence-corrected chi connectivity index (χ4v) is 1.66. The lowest BCUT2D eigenvalue weighted by atomic mass is 10.3. The lowest BCUT2D eigenvalue weighted by molar-refractivity contribution is 0.347. The van der Waals surface area contributed by atoms with Crippen molar-refractivity contribution in [3.05, 3.63) is 0 Å². The Morgan fingerprint density at radius 1 is 1.50 bits per heavy atom. The zero-order valence-corrected chi connectivity index (χ0v) is 7.31. The van der Waals surface area contributed by atoms with Gasteiger partial charge in [-0.1, -0.05) is 13.8 Å². The van der Waals surface area contributed by atoms with Crippen LogP contribution in [0.1, 0.15) is 20.8 Å². The second-order valence-electron chi connectivity index (χ2n) is 2.40. The van der Waals surface area contributed by atoms with Gasteiger partial charge in [0.05, 0.1) is 6.61 Å². The van der Waals surface area contributed by atoms with E-state index in [0.29, 0.717) is 12.5 Å². The predicted molar refractivity (Wildman–Crippen MR) is 50.3 cm³/mol. The van der Waals surface area contributed by atoms with Gasteiger partial charge in [-0.05, 0) is 12.8 Å². The zero-order valence-electron chi connectivity index (χ0n) is 6.31. The summed E-state index contributed by atoms with van der Waals surface area (Å²) in [6.07, 6.45) is 0.721. The second-order valence-corrected chi connectivity index (χ2v) is 3.84. The Balaban J connectivity index is 0. The van der Waals surface area contributed by atoms with E-state index >= 15 is 0 Å². The summed E-state index contributed by atoms with van der Waals surface area (Å²) in [5.41, 5.74) is 0. The molecule has 0 aliphatic rings. The average Bonchev–Trinajstić information content (AvgIpc) is 1.63. The molecule has 10 heavy (non-hydrogen) atoms. The Morgan fingerprint density at radius 2 is 2.00 bits per heavy atom. The Morgan fingerprint density at radius 3 is 2.30 bits per heavy atom. The van der Waals surface area contributed by atoms with Gasteiger partial charge in [-0.15, -0.1) is 0 Å². The zero-order chi connectivity index (χ0) is 7.28. The molecule has 62 valence electrons. The molecule has 0 aromatic heterocycles. The molecule has 1 unspecified atom stereocenters. The quantitative estimate of drug-likeness (QED) is 0.476. The van der Waals surface area contributed by atoms with Crippen molar-refractivity contribution in [2.24, 2.45) is 5.92 Å². The molecule has 0 aliphatic heterocycles. The van der Waals surface area contributed by atoms with Gasteiger partial charge in [-0.2, -0.15) is 0 Å². The molecule has 0 N–H and O–H groups in total. The first-order chi connectivity index (χ1) is 4.16. The number of hydrogen-bond donors (Lipinski definition) is 0. The first kappa shape index (κ1) is 13.3. The van der Waals surface area contributed by atoms with Gasteiger partial charge in [0, 0.05) is 6.16 Å². The summed E-state index contributed by atoms with van der Waals surface area (Å²) in [7, 11) is -1.69. The molecule has 0 bridgehead atoms. The normalized spacial score (nSPS) is 12.8. The van der Waals surface area contributed by atoms with Crippen molar-refractivity contribution in [3.63, 3.8) is 0 Å². The minimum atomic E-state index is -1.69. The first-order valence-corrected chi connectivity index (χ1v) is 4.84. The van der Waals surface area contributed by atoms with Crippen LogP contribution in [0.5, 0.6) is 0 Å². The highest BCUT2D eigenvalue weighted by Gasteiger charge is 2.00. The van der Waals surface area contributed by atoms with Crippen LogP contribution < -0.4 is 0 Å². The molecule has 0 radical (unpaired) electrons. The highest BCUT2D eigenvalue weighted by molar-refractivity contribution is 7.39. The van der Waals surface area contributed by atoms with Crippen molar-refractivity contribution in [1.29, 1.82) is 0 Å². The Hall–Kier alpha value is 0.722. The molecule has 0 rings (SSSR count). The molecule has 4 heteroatoms. The van der Waals surface area contributed by atoms with E-state index in [2.05, 4.69) is 0 Å². The minimum absolute atomic E-state index is 0. The van der Waals surface area contributed by atoms with Crippen molar-refractivity contribution in [3.8, 4) is 0 Å². The fourth-order valence-electron chi connectivity index (χ4n) is 0.553. The summed E-state index contributed by atoms with van der Waals surface area (Å²) in [5.74, 6) is 0.489. The topological polar surface area (TPSA) is 26.3 Å². The molecule has 0 fully saturated rings. The van der Waals surface area contributed by atoms with E-state index in [1.807, 2.05) is 20.8 Å². The molecular weight excluding hydrogens is 162 g/mol.